The van der Waals surface area contributed by atoms with Crippen LogP contribution in [0.2, 0.25) is 5.02 Å². The number of hydrogen-bond donors (Lipinski definition) is 2. The van der Waals surface area contributed by atoms with Gasteiger partial charge in [-0.2, -0.15) is 0 Å². The van der Waals surface area contributed by atoms with Crippen LogP contribution in [0.25, 0.3) is 0 Å². The highest BCUT2D eigenvalue weighted by Crippen LogP contribution is 2.17. The lowest BCUT2D eigenvalue weighted by molar-refractivity contribution is 0.0692. The Morgan fingerprint density at radius 1 is 1.56 bits per heavy atom. The standard InChI is InChI=1S/C11H13ClFNO2/c1-11(2,16)6-14-10(15)7-4-3-5-8(12)9(7)13/h3-5,16H,6H2,1-2H3,(H,14,15). The molecule has 3 nitrogen and oxygen atoms in total. The van der Waals surface area contributed by atoms with E-state index in [9.17, 15) is 14.3 Å². The van der Waals surface area contributed by atoms with Crippen molar-refractivity contribution >= 4 is 17.5 Å². The fourth-order valence-electron chi connectivity index (χ4n) is 1.07. The van der Waals surface area contributed by atoms with E-state index in [0.29, 0.717) is 0 Å². The normalized spacial score (nSPS) is 11.3. The maximum absolute atomic E-state index is 13.4. The van der Waals surface area contributed by atoms with Gasteiger partial charge in [-0.05, 0) is 26.0 Å². The molecular weight excluding hydrogens is 233 g/mol. The van der Waals surface area contributed by atoms with E-state index in [2.05, 4.69) is 5.32 Å². The van der Waals surface area contributed by atoms with Crippen LogP contribution in [-0.2, 0) is 0 Å². The monoisotopic (exact) mass is 245 g/mol. The Morgan fingerprint density at radius 3 is 2.75 bits per heavy atom. The van der Waals surface area contributed by atoms with Crippen molar-refractivity contribution in [3.8, 4) is 0 Å². The minimum absolute atomic E-state index is 0.0395. The lowest BCUT2D eigenvalue weighted by Crippen LogP contribution is -2.38. The maximum atomic E-state index is 13.4. The molecular formula is C11H13ClFNO2. The molecule has 1 aromatic carbocycles. The number of carbonyl (C=O) groups excluding carboxylic acids is 1. The second-order valence-electron chi connectivity index (χ2n) is 4.10. The lowest BCUT2D eigenvalue weighted by atomic mass is 10.1. The number of benzene rings is 1. The summed E-state index contributed by atoms with van der Waals surface area (Å²) in [5.41, 5.74) is -1.17. The number of rotatable bonds is 3. The van der Waals surface area contributed by atoms with Gasteiger partial charge in [0.2, 0.25) is 0 Å². The molecule has 0 aliphatic heterocycles. The summed E-state index contributed by atoms with van der Waals surface area (Å²) in [5, 5.41) is 11.7. The molecule has 1 aromatic rings. The second kappa shape index (κ2) is 4.80. The van der Waals surface area contributed by atoms with Crippen LogP contribution in [-0.4, -0.2) is 23.2 Å². The Hall–Kier alpha value is -1.13. The Labute approximate surface area is 98.2 Å². The van der Waals surface area contributed by atoms with Crippen molar-refractivity contribution in [1.82, 2.24) is 5.32 Å². The highest BCUT2D eigenvalue weighted by atomic mass is 35.5. The van der Waals surface area contributed by atoms with Crippen LogP contribution in [0.15, 0.2) is 18.2 Å². The first-order valence-corrected chi connectivity index (χ1v) is 5.13. The molecule has 2 N–H and O–H groups in total. The summed E-state index contributed by atoms with van der Waals surface area (Å²) in [4.78, 5) is 11.5. The van der Waals surface area contributed by atoms with E-state index < -0.39 is 17.3 Å². The van der Waals surface area contributed by atoms with Crippen molar-refractivity contribution < 1.29 is 14.3 Å². The largest absolute Gasteiger partial charge is 0.389 e. The smallest absolute Gasteiger partial charge is 0.254 e. The highest BCUT2D eigenvalue weighted by molar-refractivity contribution is 6.31. The number of carbonyl (C=O) groups is 1. The SMILES string of the molecule is CC(C)(O)CNC(=O)c1cccc(Cl)c1F. The first-order chi connectivity index (χ1) is 7.31. The number of hydrogen-bond acceptors (Lipinski definition) is 2. The third-order valence-electron chi connectivity index (χ3n) is 1.88. The minimum Gasteiger partial charge on any atom is -0.389 e. The molecule has 0 fully saturated rings. The van der Waals surface area contributed by atoms with Crippen LogP contribution in [0.5, 0.6) is 0 Å². The molecule has 1 amide bonds. The van der Waals surface area contributed by atoms with Gasteiger partial charge in [0.1, 0.15) is 0 Å². The highest BCUT2D eigenvalue weighted by Gasteiger charge is 2.17. The number of aliphatic hydroxyl groups is 1. The van der Waals surface area contributed by atoms with Gasteiger partial charge in [-0.3, -0.25) is 4.79 Å². The summed E-state index contributed by atoms with van der Waals surface area (Å²) in [6.07, 6.45) is 0. The van der Waals surface area contributed by atoms with Gasteiger partial charge in [0.15, 0.2) is 5.82 Å². The van der Waals surface area contributed by atoms with Gasteiger partial charge in [0.25, 0.3) is 5.91 Å². The van der Waals surface area contributed by atoms with E-state index in [1.165, 1.54) is 18.2 Å². The van der Waals surface area contributed by atoms with Crippen molar-refractivity contribution in [3.63, 3.8) is 0 Å². The van der Waals surface area contributed by atoms with E-state index in [-0.39, 0.29) is 17.1 Å². The van der Waals surface area contributed by atoms with Crippen LogP contribution in [0.3, 0.4) is 0 Å². The molecule has 1 rings (SSSR count). The number of nitrogens with one attached hydrogen (secondary N) is 1. The third kappa shape index (κ3) is 3.47. The molecule has 0 aromatic heterocycles. The first kappa shape index (κ1) is 12.9. The molecule has 88 valence electrons. The molecule has 0 atom stereocenters. The molecule has 16 heavy (non-hydrogen) atoms. The summed E-state index contributed by atoms with van der Waals surface area (Å²) >= 11 is 5.54. The van der Waals surface area contributed by atoms with Crippen molar-refractivity contribution in [2.24, 2.45) is 0 Å². The van der Waals surface area contributed by atoms with Crippen LogP contribution in [0.1, 0.15) is 24.2 Å². The first-order valence-electron chi connectivity index (χ1n) is 4.76. The second-order valence-corrected chi connectivity index (χ2v) is 4.50. The zero-order chi connectivity index (χ0) is 12.3. The molecule has 0 aliphatic carbocycles. The van der Waals surface area contributed by atoms with Crippen LogP contribution in [0, 0.1) is 5.82 Å². The average molecular weight is 246 g/mol. The molecule has 0 saturated heterocycles. The molecule has 0 unspecified atom stereocenters. The van der Waals surface area contributed by atoms with Crippen molar-refractivity contribution in [2.75, 3.05) is 6.54 Å². The predicted molar refractivity (Wildman–Crippen MR) is 60.0 cm³/mol. The molecule has 0 aliphatic rings. The molecule has 0 saturated carbocycles. The van der Waals surface area contributed by atoms with Gasteiger partial charge in [0, 0.05) is 6.54 Å². The topological polar surface area (TPSA) is 49.3 Å². The Bertz CT molecular complexity index is 401. The van der Waals surface area contributed by atoms with E-state index in [1.54, 1.807) is 13.8 Å². The van der Waals surface area contributed by atoms with Crippen LogP contribution < -0.4 is 5.32 Å². The average Bonchev–Trinajstić information content (AvgIpc) is 2.17. The lowest BCUT2D eigenvalue weighted by Gasteiger charge is -2.17. The minimum atomic E-state index is -1.04. The molecule has 0 spiro atoms. The molecule has 0 bridgehead atoms. The molecule has 0 heterocycles. The maximum Gasteiger partial charge on any atom is 0.254 e. The third-order valence-corrected chi connectivity index (χ3v) is 2.17. The van der Waals surface area contributed by atoms with Crippen LogP contribution in [0.4, 0.5) is 4.39 Å². The predicted octanol–water partition coefficient (Wildman–Crippen LogP) is 1.98. The Kier molecular flexibility index (Phi) is 3.88. The van der Waals surface area contributed by atoms with Crippen molar-refractivity contribution in [2.45, 2.75) is 19.4 Å². The summed E-state index contributed by atoms with van der Waals surface area (Å²) in [6.45, 7) is 3.13. The zero-order valence-corrected chi connectivity index (χ0v) is 9.81. The van der Waals surface area contributed by atoms with E-state index >= 15 is 0 Å². The Balaban J connectivity index is 2.78. The quantitative estimate of drug-likeness (QED) is 0.856. The fourth-order valence-corrected chi connectivity index (χ4v) is 1.25. The van der Waals surface area contributed by atoms with E-state index in [0.717, 1.165) is 0 Å². The summed E-state index contributed by atoms with van der Waals surface area (Å²) in [7, 11) is 0. The molecule has 5 heteroatoms. The van der Waals surface area contributed by atoms with Gasteiger partial charge < -0.3 is 10.4 Å². The fraction of sp³-hybridized carbons (Fsp3) is 0.364. The summed E-state index contributed by atoms with van der Waals surface area (Å²) in [5.74, 6) is -1.35. The van der Waals surface area contributed by atoms with Gasteiger partial charge in [-0.1, -0.05) is 17.7 Å². The summed E-state index contributed by atoms with van der Waals surface area (Å²) < 4.78 is 13.4. The number of amides is 1. The van der Waals surface area contributed by atoms with Gasteiger partial charge >= 0.3 is 0 Å². The van der Waals surface area contributed by atoms with E-state index in [1.807, 2.05) is 0 Å². The van der Waals surface area contributed by atoms with Crippen molar-refractivity contribution in [1.29, 1.82) is 0 Å². The molecule has 0 radical (unpaired) electrons. The number of halogens is 2. The van der Waals surface area contributed by atoms with Gasteiger partial charge in [-0.15, -0.1) is 0 Å². The van der Waals surface area contributed by atoms with Gasteiger partial charge in [0.05, 0.1) is 16.2 Å². The zero-order valence-electron chi connectivity index (χ0n) is 9.05. The van der Waals surface area contributed by atoms with E-state index in [4.69, 9.17) is 11.6 Å². The van der Waals surface area contributed by atoms with Gasteiger partial charge in [-0.25, -0.2) is 4.39 Å². The van der Waals surface area contributed by atoms with Crippen molar-refractivity contribution in [3.05, 3.63) is 34.6 Å². The Morgan fingerprint density at radius 2 is 2.19 bits per heavy atom. The summed E-state index contributed by atoms with van der Waals surface area (Å²) in [6, 6.07) is 4.19. The van der Waals surface area contributed by atoms with Crippen LogP contribution >= 0.6 is 11.6 Å².